The van der Waals surface area contributed by atoms with Gasteiger partial charge in [-0.05, 0) is 41.0 Å². The van der Waals surface area contributed by atoms with E-state index in [1.807, 2.05) is 60.7 Å². The van der Waals surface area contributed by atoms with Gasteiger partial charge >= 0.3 is 0 Å². The summed E-state index contributed by atoms with van der Waals surface area (Å²) in [5.74, 6) is 0.561. The molecule has 7 heteroatoms. The Labute approximate surface area is 208 Å². The van der Waals surface area contributed by atoms with Crippen LogP contribution in [0.15, 0.2) is 72.8 Å². The molecule has 176 valence electrons. The number of hydrogen-bond donors (Lipinski definition) is 1. The summed E-state index contributed by atoms with van der Waals surface area (Å²) < 4.78 is 5.47. The Bertz CT molecular complexity index is 1460. The van der Waals surface area contributed by atoms with Gasteiger partial charge in [0.05, 0.1) is 13.2 Å². The summed E-state index contributed by atoms with van der Waals surface area (Å²) in [6.07, 6.45) is 0.462. The highest BCUT2D eigenvalue weighted by molar-refractivity contribution is 6.31. The molecule has 3 aromatic carbocycles. The third kappa shape index (κ3) is 3.56. The van der Waals surface area contributed by atoms with Gasteiger partial charge in [-0.3, -0.25) is 9.59 Å². The predicted octanol–water partition coefficient (Wildman–Crippen LogP) is 4.72. The number of amides is 2. The largest absolute Gasteiger partial charge is 0.497 e. The van der Waals surface area contributed by atoms with Crippen LogP contribution in [0.4, 0.5) is 0 Å². The monoisotopic (exact) mass is 485 g/mol. The minimum absolute atomic E-state index is 0.0105. The number of aromatic amines is 1. The summed E-state index contributed by atoms with van der Waals surface area (Å²) >= 11 is 6.37. The van der Waals surface area contributed by atoms with Crippen molar-refractivity contribution < 1.29 is 14.3 Å². The first kappa shape index (κ1) is 21.7. The number of rotatable bonds is 4. The van der Waals surface area contributed by atoms with Crippen LogP contribution < -0.4 is 4.74 Å². The van der Waals surface area contributed by atoms with Gasteiger partial charge in [-0.15, -0.1) is 0 Å². The van der Waals surface area contributed by atoms with Gasteiger partial charge in [-0.25, -0.2) is 0 Å². The molecule has 35 heavy (non-hydrogen) atoms. The second-order valence-electron chi connectivity index (χ2n) is 9.05. The van der Waals surface area contributed by atoms with Gasteiger partial charge in [-0.1, -0.05) is 60.1 Å². The van der Waals surface area contributed by atoms with E-state index in [1.54, 1.807) is 23.0 Å². The number of aromatic nitrogens is 1. The van der Waals surface area contributed by atoms with Gasteiger partial charge in [0.15, 0.2) is 0 Å². The molecule has 6 rings (SSSR count). The number of hydrogen-bond acceptors (Lipinski definition) is 3. The smallest absolute Gasteiger partial charge is 0.246 e. The molecule has 4 aromatic rings. The predicted molar refractivity (Wildman–Crippen MR) is 134 cm³/mol. The second kappa shape index (κ2) is 8.47. The van der Waals surface area contributed by atoms with Crippen LogP contribution in [0.3, 0.4) is 0 Å². The zero-order valence-electron chi connectivity index (χ0n) is 19.2. The maximum Gasteiger partial charge on any atom is 0.246 e. The maximum atomic E-state index is 13.8. The molecule has 0 saturated carbocycles. The third-order valence-electron chi connectivity index (χ3n) is 7.07. The summed E-state index contributed by atoms with van der Waals surface area (Å²) in [5.41, 5.74) is 4.77. The van der Waals surface area contributed by atoms with Crippen molar-refractivity contribution in [3.8, 4) is 5.75 Å². The number of ether oxygens (including phenoxy) is 1. The van der Waals surface area contributed by atoms with Gasteiger partial charge < -0.3 is 19.5 Å². The Morgan fingerprint density at radius 3 is 2.66 bits per heavy atom. The van der Waals surface area contributed by atoms with E-state index in [0.717, 1.165) is 33.3 Å². The summed E-state index contributed by atoms with van der Waals surface area (Å²) in [7, 11) is 1.62. The average molecular weight is 486 g/mol. The van der Waals surface area contributed by atoms with Crippen molar-refractivity contribution in [2.45, 2.75) is 25.0 Å². The highest BCUT2D eigenvalue weighted by Gasteiger charge is 2.48. The fraction of sp³-hybridized carbons (Fsp3) is 0.214. The zero-order valence-corrected chi connectivity index (χ0v) is 20.0. The standard InChI is InChI=1S/C28H24ClN3O3/c1-35-19-9-6-8-17(13-19)27-26-21(20-10-3-5-12-23(20)30-26)14-24-28(34)31(16-25(33)32(24)27)15-18-7-2-4-11-22(18)29/h2-13,24,27,30H,14-16H2,1H3. The molecule has 2 amide bonds. The van der Waals surface area contributed by atoms with Crippen molar-refractivity contribution in [3.63, 3.8) is 0 Å². The normalized spacial score (nSPS) is 19.6. The molecule has 1 saturated heterocycles. The van der Waals surface area contributed by atoms with Crippen LogP contribution in [0.2, 0.25) is 5.02 Å². The first-order valence-electron chi connectivity index (χ1n) is 11.6. The molecule has 2 aliphatic heterocycles. The number of fused-ring (bicyclic) bond motifs is 4. The topological polar surface area (TPSA) is 65.6 Å². The molecule has 6 nitrogen and oxygen atoms in total. The van der Waals surface area contributed by atoms with Crippen LogP contribution in [0.1, 0.15) is 28.4 Å². The van der Waals surface area contributed by atoms with Crippen molar-refractivity contribution in [2.75, 3.05) is 13.7 Å². The van der Waals surface area contributed by atoms with E-state index in [-0.39, 0.29) is 18.4 Å². The molecule has 1 fully saturated rings. The van der Waals surface area contributed by atoms with Gasteiger partial charge in [0.25, 0.3) is 0 Å². The number of nitrogens with one attached hydrogen (secondary N) is 1. The molecule has 1 aromatic heterocycles. The Hall–Kier alpha value is -3.77. The molecule has 2 aliphatic rings. The number of piperazine rings is 1. The quantitative estimate of drug-likeness (QED) is 0.455. The average Bonchev–Trinajstić information content (AvgIpc) is 3.25. The number of H-pyrrole nitrogens is 1. The first-order chi connectivity index (χ1) is 17.0. The lowest BCUT2D eigenvalue weighted by atomic mass is 9.86. The van der Waals surface area contributed by atoms with Crippen molar-refractivity contribution >= 4 is 34.3 Å². The molecular weight excluding hydrogens is 462 g/mol. The van der Waals surface area contributed by atoms with Crippen LogP contribution in [0.5, 0.6) is 5.75 Å². The van der Waals surface area contributed by atoms with Crippen LogP contribution in [0.25, 0.3) is 10.9 Å². The molecule has 0 spiro atoms. The lowest BCUT2D eigenvalue weighted by Gasteiger charge is -2.47. The molecule has 1 N–H and O–H groups in total. The van der Waals surface area contributed by atoms with Gasteiger partial charge in [0.2, 0.25) is 11.8 Å². The highest BCUT2D eigenvalue weighted by atomic mass is 35.5. The summed E-state index contributed by atoms with van der Waals surface area (Å²) in [5, 5.41) is 1.67. The Kier molecular flexibility index (Phi) is 5.26. The number of methoxy groups -OCH3 is 1. The van der Waals surface area contributed by atoms with Crippen LogP contribution in [-0.2, 0) is 22.6 Å². The number of carbonyl (C=O) groups excluding carboxylic acids is 2. The van der Waals surface area contributed by atoms with E-state index in [0.29, 0.717) is 23.7 Å². The molecule has 2 atom stereocenters. The van der Waals surface area contributed by atoms with Crippen LogP contribution >= 0.6 is 11.6 Å². The Morgan fingerprint density at radius 1 is 1.03 bits per heavy atom. The minimum Gasteiger partial charge on any atom is -0.497 e. The molecule has 0 radical (unpaired) electrons. The van der Waals surface area contributed by atoms with Crippen molar-refractivity contribution in [2.24, 2.45) is 0 Å². The SMILES string of the molecule is COc1cccc(C2c3[nH]c4ccccc4c3CC3C(=O)N(Cc4ccccc4Cl)CC(=O)N32)c1. The Balaban J connectivity index is 1.46. The summed E-state index contributed by atoms with van der Waals surface area (Å²) in [6.45, 7) is 0.315. The Morgan fingerprint density at radius 2 is 1.83 bits per heavy atom. The van der Waals surface area contributed by atoms with E-state index < -0.39 is 12.1 Å². The van der Waals surface area contributed by atoms with Gasteiger partial charge in [0.1, 0.15) is 18.3 Å². The van der Waals surface area contributed by atoms with Gasteiger partial charge in [-0.2, -0.15) is 0 Å². The fourth-order valence-corrected chi connectivity index (χ4v) is 5.64. The highest BCUT2D eigenvalue weighted by Crippen LogP contribution is 2.43. The first-order valence-corrected chi connectivity index (χ1v) is 12.0. The molecule has 0 aliphatic carbocycles. The zero-order chi connectivity index (χ0) is 24.1. The second-order valence-corrected chi connectivity index (χ2v) is 9.46. The van der Waals surface area contributed by atoms with Crippen LogP contribution in [0, 0.1) is 0 Å². The third-order valence-corrected chi connectivity index (χ3v) is 7.44. The molecule has 3 heterocycles. The minimum atomic E-state index is -0.596. The number of nitrogens with zero attached hydrogens (tertiary/aromatic N) is 2. The number of carbonyl (C=O) groups is 2. The molecule has 0 bridgehead atoms. The van der Waals surface area contributed by atoms with Crippen molar-refractivity contribution in [3.05, 3.63) is 100 Å². The lowest BCUT2D eigenvalue weighted by molar-refractivity contribution is -0.159. The van der Waals surface area contributed by atoms with E-state index in [1.165, 1.54) is 0 Å². The number of benzene rings is 3. The van der Waals surface area contributed by atoms with Crippen LogP contribution in [-0.4, -0.2) is 46.3 Å². The van der Waals surface area contributed by atoms with Crippen molar-refractivity contribution in [1.29, 1.82) is 0 Å². The summed E-state index contributed by atoms with van der Waals surface area (Å²) in [4.78, 5) is 34.5. The van der Waals surface area contributed by atoms with E-state index in [9.17, 15) is 9.59 Å². The maximum absolute atomic E-state index is 13.8. The number of halogens is 1. The van der Waals surface area contributed by atoms with Gasteiger partial charge in [0, 0.05) is 34.6 Å². The van der Waals surface area contributed by atoms with E-state index in [2.05, 4.69) is 11.1 Å². The van der Waals surface area contributed by atoms with E-state index >= 15 is 0 Å². The molecule has 2 unspecified atom stereocenters. The summed E-state index contributed by atoms with van der Waals surface area (Å²) in [6, 6.07) is 22.2. The fourth-order valence-electron chi connectivity index (χ4n) is 5.45. The van der Waals surface area contributed by atoms with E-state index in [4.69, 9.17) is 16.3 Å². The molecular formula is C28H24ClN3O3. The number of para-hydroxylation sites is 1. The lowest BCUT2D eigenvalue weighted by Crippen LogP contribution is -2.62. The van der Waals surface area contributed by atoms with Crippen molar-refractivity contribution in [1.82, 2.24) is 14.8 Å².